The molecule has 0 amide bonds. The zero-order valence-electron chi connectivity index (χ0n) is 8.97. The fourth-order valence-corrected chi connectivity index (χ4v) is 2.07. The number of aryl methyl sites for hydroxylation is 1. The smallest absolute Gasteiger partial charge is 0.318 e. The van der Waals surface area contributed by atoms with Crippen molar-refractivity contribution in [1.82, 2.24) is 4.98 Å². The normalized spacial score (nSPS) is 12.1. The van der Waals surface area contributed by atoms with Gasteiger partial charge in [0, 0.05) is 12.4 Å². The molecule has 3 nitrogen and oxygen atoms in total. The fourth-order valence-electron chi connectivity index (χ4n) is 1.13. The number of esters is 1. The lowest BCUT2D eigenvalue weighted by atomic mass is 10.2. The van der Waals surface area contributed by atoms with Crippen LogP contribution in [0.2, 0.25) is 0 Å². The van der Waals surface area contributed by atoms with E-state index < -0.39 is 0 Å². The molecule has 0 spiro atoms. The molecule has 0 saturated heterocycles. The number of methoxy groups -OCH3 is 1. The second kappa shape index (κ2) is 6.45. The van der Waals surface area contributed by atoms with Crippen molar-refractivity contribution < 1.29 is 9.53 Å². The third-order valence-electron chi connectivity index (χ3n) is 2.01. The Labute approximate surface area is 94.2 Å². The molecule has 0 saturated carbocycles. The van der Waals surface area contributed by atoms with E-state index in [1.54, 1.807) is 18.0 Å². The lowest BCUT2D eigenvalue weighted by molar-refractivity contribution is -0.139. The van der Waals surface area contributed by atoms with Gasteiger partial charge in [-0.05, 0) is 30.7 Å². The molecular formula is C11H15NO2S. The highest BCUT2D eigenvalue weighted by Gasteiger charge is 2.12. The first-order chi connectivity index (χ1) is 7.24. The zero-order chi connectivity index (χ0) is 11.1. The topological polar surface area (TPSA) is 39.2 Å². The van der Waals surface area contributed by atoms with Gasteiger partial charge in [-0.1, -0.05) is 6.07 Å². The molecule has 15 heavy (non-hydrogen) atoms. The summed E-state index contributed by atoms with van der Waals surface area (Å²) in [5, 5.41) is -0.0910. The van der Waals surface area contributed by atoms with Crippen LogP contribution in [0.4, 0.5) is 0 Å². The van der Waals surface area contributed by atoms with Crippen molar-refractivity contribution >= 4 is 17.7 Å². The average molecular weight is 225 g/mol. The number of aromatic nitrogens is 1. The summed E-state index contributed by atoms with van der Waals surface area (Å²) in [6.45, 7) is 1.86. The summed E-state index contributed by atoms with van der Waals surface area (Å²) < 4.78 is 4.64. The van der Waals surface area contributed by atoms with Crippen LogP contribution in [-0.4, -0.2) is 29.1 Å². The second-order valence-electron chi connectivity index (χ2n) is 3.15. The van der Waals surface area contributed by atoms with Crippen molar-refractivity contribution in [1.29, 1.82) is 0 Å². The van der Waals surface area contributed by atoms with Crippen LogP contribution < -0.4 is 0 Å². The number of carbonyl (C=O) groups excluding carboxylic acids is 1. The number of pyridine rings is 1. The first kappa shape index (κ1) is 12.0. The number of hydrogen-bond donors (Lipinski definition) is 0. The Kier molecular flexibility index (Phi) is 5.18. The molecule has 1 heterocycles. The highest BCUT2D eigenvalue weighted by Crippen LogP contribution is 2.13. The molecule has 0 radical (unpaired) electrons. The molecule has 4 heteroatoms. The summed E-state index contributed by atoms with van der Waals surface area (Å²) in [4.78, 5) is 15.1. The van der Waals surface area contributed by atoms with Crippen molar-refractivity contribution in [2.24, 2.45) is 0 Å². The maximum absolute atomic E-state index is 11.1. The van der Waals surface area contributed by atoms with E-state index in [2.05, 4.69) is 9.72 Å². The molecule has 0 aliphatic carbocycles. The van der Waals surface area contributed by atoms with Gasteiger partial charge in [0.15, 0.2) is 0 Å². The van der Waals surface area contributed by atoms with Gasteiger partial charge < -0.3 is 4.74 Å². The third kappa shape index (κ3) is 4.34. The van der Waals surface area contributed by atoms with Gasteiger partial charge >= 0.3 is 5.97 Å². The number of rotatable bonds is 5. The predicted octanol–water partition coefficient (Wildman–Crippen LogP) is 1.92. The Balaban J connectivity index is 2.25. The van der Waals surface area contributed by atoms with E-state index in [9.17, 15) is 4.79 Å². The Morgan fingerprint density at radius 3 is 3.07 bits per heavy atom. The van der Waals surface area contributed by atoms with Gasteiger partial charge in [0.1, 0.15) is 0 Å². The van der Waals surface area contributed by atoms with E-state index in [0.29, 0.717) is 0 Å². The maximum Gasteiger partial charge on any atom is 0.318 e. The van der Waals surface area contributed by atoms with Crippen LogP contribution in [0.5, 0.6) is 0 Å². The first-order valence-electron chi connectivity index (χ1n) is 4.82. The quantitative estimate of drug-likeness (QED) is 0.718. The summed E-state index contributed by atoms with van der Waals surface area (Å²) in [6.07, 6.45) is 4.54. The standard InChI is InChI=1S/C11H15NO2S/c1-9(11(13)14-2)15-7-5-10-4-3-6-12-8-10/h3-4,6,8-9H,5,7H2,1-2H3/t9-/m1/s1. The molecule has 82 valence electrons. The van der Waals surface area contributed by atoms with Crippen LogP contribution in [0.25, 0.3) is 0 Å². The fraction of sp³-hybridized carbons (Fsp3) is 0.455. The second-order valence-corrected chi connectivity index (χ2v) is 4.60. The monoisotopic (exact) mass is 225 g/mol. The molecule has 1 atom stereocenters. The number of carbonyl (C=O) groups is 1. The lowest BCUT2D eigenvalue weighted by Gasteiger charge is -2.08. The van der Waals surface area contributed by atoms with Gasteiger partial charge in [0.25, 0.3) is 0 Å². The van der Waals surface area contributed by atoms with Crippen molar-refractivity contribution in [2.45, 2.75) is 18.6 Å². The predicted molar refractivity (Wildman–Crippen MR) is 61.9 cm³/mol. The molecule has 0 aromatic carbocycles. The van der Waals surface area contributed by atoms with E-state index in [-0.39, 0.29) is 11.2 Å². The van der Waals surface area contributed by atoms with Gasteiger partial charge in [-0.3, -0.25) is 9.78 Å². The minimum Gasteiger partial charge on any atom is -0.468 e. The highest BCUT2D eigenvalue weighted by molar-refractivity contribution is 8.00. The van der Waals surface area contributed by atoms with Crippen LogP contribution in [0.1, 0.15) is 12.5 Å². The van der Waals surface area contributed by atoms with Crippen molar-refractivity contribution in [2.75, 3.05) is 12.9 Å². The molecule has 0 N–H and O–H groups in total. The molecule has 1 aromatic rings. The Morgan fingerprint density at radius 1 is 1.67 bits per heavy atom. The van der Waals surface area contributed by atoms with Gasteiger partial charge in [-0.15, -0.1) is 11.8 Å². The molecule has 0 aliphatic heterocycles. The zero-order valence-corrected chi connectivity index (χ0v) is 9.79. The minimum absolute atomic E-state index is 0.0910. The molecular weight excluding hydrogens is 210 g/mol. The molecule has 0 aliphatic rings. The summed E-state index contributed by atoms with van der Waals surface area (Å²) >= 11 is 1.60. The molecule has 1 rings (SSSR count). The Morgan fingerprint density at radius 2 is 2.47 bits per heavy atom. The minimum atomic E-state index is -0.161. The van der Waals surface area contributed by atoms with E-state index in [4.69, 9.17) is 0 Å². The highest BCUT2D eigenvalue weighted by atomic mass is 32.2. The SMILES string of the molecule is COC(=O)[C@@H](C)SCCc1cccnc1. The number of ether oxygens (including phenoxy) is 1. The Hall–Kier alpha value is -1.03. The van der Waals surface area contributed by atoms with Crippen LogP contribution in [0.15, 0.2) is 24.5 Å². The van der Waals surface area contributed by atoms with E-state index >= 15 is 0 Å². The molecule has 0 unspecified atom stereocenters. The summed E-state index contributed by atoms with van der Waals surface area (Å²) in [5.41, 5.74) is 1.20. The van der Waals surface area contributed by atoms with E-state index in [1.165, 1.54) is 12.7 Å². The van der Waals surface area contributed by atoms with Crippen LogP contribution in [0, 0.1) is 0 Å². The lowest BCUT2D eigenvalue weighted by Crippen LogP contribution is -2.15. The molecule has 0 fully saturated rings. The number of hydrogen-bond acceptors (Lipinski definition) is 4. The van der Waals surface area contributed by atoms with E-state index in [1.807, 2.05) is 25.3 Å². The van der Waals surface area contributed by atoms with Crippen LogP contribution in [-0.2, 0) is 16.0 Å². The number of thioether (sulfide) groups is 1. The van der Waals surface area contributed by atoms with Crippen molar-refractivity contribution in [3.05, 3.63) is 30.1 Å². The van der Waals surface area contributed by atoms with Gasteiger partial charge in [-0.25, -0.2) is 0 Å². The maximum atomic E-state index is 11.1. The van der Waals surface area contributed by atoms with E-state index in [0.717, 1.165) is 12.2 Å². The average Bonchev–Trinajstić information content (AvgIpc) is 2.29. The van der Waals surface area contributed by atoms with Crippen LogP contribution in [0.3, 0.4) is 0 Å². The first-order valence-corrected chi connectivity index (χ1v) is 5.87. The van der Waals surface area contributed by atoms with Crippen molar-refractivity contribution in [3.63, 3.8) is 0 Å². The summed E-state index contributed by atoms with van der Waals surface area (Å²) in [5.74, 6) is 0.744. The number of nitrogens with zero attached hydrogens (tertiary/aromatic N) is 1. The summed E-state index contributed by atoms with van der Waals surface area (Å²) in [6, 6.07) is 3.96. The largest absolute Gasteiger partial charge is 0.468 e. The Bertz CT molecular complexity index is 303. The molecule has 0 bridgehead atoms. The van der Waals surface area contributed by atoms with Crippen molar-refractivity contribution in [3.8, 4) is 0 Å². The van der Waals surface area contributed by atoms with Gasteiger partial charge in [-0.2, -0.15) is 0 Å². The third-order valence-corrected chi connectivity index (χ3v) is 3.15. The van der Waals surface area contributed by atoms with Gasteiger partial charge in [0.2, 0.25) is 0 Å². The molecule has 1 aromatic heterocycles. The van der Waals surface area contributed by atoms with Crippen LogP contribution >= 0.6 is 11.8 Å². The summed E-state index contributed by atoms with van der Waals surface area (Å²) in [7, 11) is 1.42. The van der Waals surface area contributed by atoms with Gasteiger partial charge in [0.05, 0.1) is 12.4 Å².